The van der Waals surface area contributed by atoms with Crippen LogP contribution in [0.2, 0.25) is 0 Å². The standard InChI is InChI=1S/C22H25FN6O3/c1-28(2)22(31)18-7-11-6-16(30)13(9-17(11)32-18)21-24-10-19(26-27-21)29(3)15-8-12-4-5-14(25-12)20(15)23/h6-7,9-10,12,14-15,20,25,30H,4-5,8H2,1-3H3/t12-,14+,15-,20+/m1/s1. The number of amides is 1. The summed E-state index contributed by atoms with van der Waals surface area (Å²) in [7, 11) is 5.08. The third kappa shape index (κ3) is 3.44. The first-order chi connectivity index (χ1) is 15.3. The fourth-order valence-electron chi connectivity index (χ4n) is 4.65. The maximum absolute atomic E-state index is 14.9. The Hall–Kier alpha value is -3.27. The van der Waals surface area contributed by atoms with E-state index in [1.807, 2.05) is 7.05 Å². The molecule has 0 unspecified atom stereocenters. The van der Waals surface area contributed by atoms with Gasteiger partial charge in [-0.15, -0.1) is 10.2 Å². The zero-order chi connectivity index (χ0) is 22.6. The maximum atomic E-state index is 14.9. The number of benzene rings is 1. The molecular weight excluding hydrogens is 415 g/mol. The Morgan fingerprint density at radius 2 is 2.03 bits per heavy atom. The summed E-state index contributed by atoms with van der Waals surface area (Å²) in [6, 6.07) is 4.61. The van der Waals surface area contributed by atoms with E-state index in [0.717, 1.165) is 12.8 Å². The molecule has 3 aromatic rings. The van der Waals surface area contributed by atoms with Crippen molar-refractivity contribution in [1.82, 2.24) is 25.4 Å². The van der Waals surface area contributed by atoms with Crippen molar-refractivity contribution in [2.45, 2.75) is 43.6 Å². The number of fused-ring (bicyclic) bond motifs is 3. The Bertz CT molecular complexity index is 1160. The molecule has 168 valence electrons. The summed E-state index contributed by atoms with van der Waals surface area (Å²) in [5.74, 6) is 0.531. The van der Waals surface area contributed by atoms with E-state index in [4.69, 9.17) is 4.42 Å². The van der Waals surface area contributed by atoms with Gasteiger partial charge in [0, 0.05) is 38.6 Å². The first kappa shape index (κ1) is 20.6. The Balaban J connectivity index is 1.41. The first-order valence-electron chi connectivity index (χ1n) is 10.6. The van der Waals surface area contributed by atoms with Gasteiger partial charge in [0.05, 0.1) is 17.8 Å². The van der Waals surface area contributed by atoms with Gasteiger partial charge in [-0.2, -0.15) is 0 Å². The molecule has 4 atom stereocenters. The van der Waals surface area contributed by atoms with Gasteiger partial charge in [-0.3, -0.25) is 4.79 Å². The smallest absolute Gasteiger partial charge is 0.289 e. The molecule has 0 radical (unpaired) electrons. The average Bonchev–Trinajstić information content (AvgIpc) is 3.39. The number of carbonyl (C=O) groups excluding carboxylic acids is 1. The van der Waals surface area contributed by atoms with Crippen LogP contribution in [0.4, 0.5) is 10.2 Å². The molecule has 0 spiro atoms. The Kier molecular flexibility index (Phi) is 4.96. The van der Waals surface area contributed by atoms with Gasteiger partial charge >= 0.3 is 0 Å². The average molecular weight is 440 g/mol. The number of aromatic hydroxyl groups is 1. The fourth-order valence-corrected chi connectivity index (χ4v) is 4.65. The number of hydrogen-bond donors (Lipinski definition) is 2. The molecule has 5 rings (SSSR count). The first-order valence-corrected chi connectivity index (χ1v) is 10.6. The number of aromatic nitrogens is 3. The van der Waals surface area contributed by atoms with Crippen LogP contribution >= 0.6 is 0 Å². The maximum Gasteiger partial charge on any atom is 0.289 e. The molecule has 10 heteroatoms. The van der Waals surface area contributed by atoms with Gasteiger partial charge < -0.3 is 24.6 Å². The molecule has 2 saturated heterocycles. The number of hydrogen-bond acceptors (Lipinski definition) is 8. The number of anilines is 1. The minimum absolute atomic E-state index is 0.0520. The molecule has 2 fully saturated rings. The second-order valence-electron chi connectivity index (χ2n) is 8.76. The van der Waals surface area contributed by atoms with Gasteiger partial charge in [-0.05, 0) is 37.5 Å². The zero-order valence-corrected chi connectivity index (χ0v) is 18.1. The number of furan rings is 1. The SMILES string of the molecule is CN(C)C(=O)c1cc2cc(O)c(-c3ncc(N(C)[C@@H]4C[C@H]5CC[C@H](N5)[C@@H]4F)nn3)cc2o1. The predicted molar refractivity (Wildman–Crippen MR) is 116 cm³/mol. The summed E-state index contributed by atoms with van der Waals surface area (Å²) in [5, 5.41) is 22.8. The molecule has 2 N–H and O–H groups in total. The number of rotatable bonds is 4. The molecule has 32 heavy (non-hydrogen) atoms. The van der Waals surface area contributed by atoms with Gasteiger partial charge in [0.1, 0.15) is 17.5 Å². The highest BCUT2D eigenvalue weighted by Gasteiger charge is 2.44. The van der Waals surface area contributed by atoms with E-state index in [1.165, 1.54) is 17.2 Å². The fraction of sp³-hybridized carbons (Fsp3) is 0.455. The molecule has 9 nitrogen and oxygen atoms in total. The van der Waals surface area contributed by atoms with Gasteiger partial charge in [-0.1, -0.05) is 0 Å². The highest BCUT2D eigenvalue weighted by molar-refractivity contribution is 5.97. The lowest BCUT2D eigenvalue weighted by Gasteiger charge is -2.38. The number of halogens is 1. The molecule has 4 heterocycles. The second kappa shape index (κ2) is 7.70. The number of piperidine rings is 1. The summed E-state index contributed by atoms with van der Waals surface area (Å²) in [5.41, 5.74) is 0.763. The quantitative estimate of drug-likeness (QED) is 0.637. The van der Waals surface area contributed by atoms with Crippen LogP contribution < -0.4 is 10.2 Å². The van der Waals surface area contributed by atoms with E-state index in [1.54, 1.807) is 31.1 Å². The van der Waals surface area contributed by atoms with Crippen molar-refractivity contribution in [1.29, 1.82) is 0 Å². The normalized spacial score (nSPS) is 24.6. The second-order valence-corrected chi connectivity index (χ2v) is 8.76. The van der Waals surface area contributed by atoms with Crippen LogP contribution in [0.25, 0.3) is 22.4 Å². The molecule has 2 aromatic heterocycles. The molecule has 1 aromatic carbocycles. The van der Waals surface area contributed by atoms with E-state index in [2.05, 4.69) is 20.5 Å². The zero-order valence-electron chi connectivity index (χ0n) is 18.1. The van der Waals surface area contributed by atoms with Gasteiger partial charge in [0.15, 0.2) is 17.4 Å². The van der Waals surface area contributed by atoms with Crippen molar-refractivity contribution >= 4 is 22.7 Å². The van der Waals surface area contributed by atoms with Crippen molar-refractivity contribution in [2.24, 2.45) is 0 Å². The topological polar surface area (TPSA) is 108 Å². The number of alkyl halides is 1. The highest BCUT2D eigenvalue weighted by atomic mass is 19.1. The van der Waals surface area contributed by atoms with E-state index in [-0.39, 0.29) is 35.3 Å². The van der Waals surface area contributed by atoms with Gasteiger partial charge in [0.25, 0.3) is 5.91 Å². The molecule has 0 aliphatic carbocycles. The van der Waals surface area contributed by atoms with Crippen LogP contribution in [0.15, 0.2) is 28.8 Å². The summed E-state index contributed by atoms with van der Waals surface area (Å²) in [4.78, 5) is 19.7. The third-order valence-electron chi connectivity index (χ3n) is 6.45. The predicted octanol–water partition coefficient (Wildman–Crippen LogP) is 2.36. The van der Waals surface area contributed by atoms with Crippen LogP contribution in [-0.4, -0.2) is 76.5 Å². The summed E-state index contributed by atoms with van der Waals surface area (Å²) >= 11 is 0. The number of nitrogens with one attached hydrogen (secondary N) is 1. The monoisotopic (exact) mass is 440 g/mol. The minimum atomic E-state index is -0.982. The number of nitrogens with zero attached hydrogens (tertiary/aromatic N) is 5. The van der Waals surface area contributed by atoms with Crippen molar-refractivity contribution in [3.8, 4) is 17.1 Å². The highest BCUT2D eigenvalue weighted by Crippen LogP contribution is 2.35. The Labute approximate surface area is 184 Å². The van der Waals surface area contributed by atoms with E-state index in [0.29, 0.717) is 34.8 Å². The number of phenols is 1. The molecule has 1 amide bonds. The summed E-state index contributed by atoms with van der Waals surface area (Å²) in [6.07, 6.45) is 3.11. The lowest BCUT2D eigenvalue weighted by Crippen LogP contribution is -2.55. The van der Waals surface area contributed by atoms with Crippen LogP contribution in [0.5, 0.6) is 5.75 Å². The van der Waals surface area contributed by atoms with Crippen LogP contribution in [0.1, 0.15) is 29.8 Å². The third-order valence-corrected chi connectivity index (χ3v) is 6.45. The van der Waals surface area contributed by atoms with E-state index < -0.39 is 6.17 Å². The molecule has 0 saturated carbocycles. The van der Waals surface area contributed by atoms with Gasteiger partial charge in [-0.25, -0.2) is 9.37 Å². The Morgan fingerprint density at radius 1 is 1.22 bits per heavy atom. The number of carbonyl (C=O) groups is 1. The summed E-state index contributed by atoms with van der Waals surface area (Å²) in [6.45, 7) is 0. The lowest BCUT2D eigenvalue weighted by atomic mass is 9.96. The lowest BCUT2D eigenvalue weighted by molar-refractivity contribution is 0.0799. The van der Waals surface area contributed by atoms with Crippen molar-refractivity contribution in [2.75, 3.05) is 26.0 Å². The Morgan fingerprint density at radius 3 is 2.75 bits per heavy atom. The van der Waals surface area contributed by atoms with Crippen molar-refractivity contribution in [3.63, 3.8) is 0 Å². The number of phenolic OH excluding ortho intramolecular Hbond substituents is 1. The molecule has 2 aliphatic rings. The largest absolute Gasteiger partial charge is 0.507 e. The molecular formula is C22H25FN6O3. The molecule has 2 aliphatic heterocycles. The van der Waals surface area contributed by atoms with Crippen LogP contribution in [0.3, 0.4) is 0 Å². The van der Waals surface area contributed by atoms with E-state index in [9.17, 15) is 14.3 Å². The van der Waals surface area contributed by atoms with Crippen LogP contribution in [-0.2, 0) is 0 Å². The van der Waals surface area contributed by atoms with Crippen molar-refractivity contribution < 1.29 is 18.7 Å². The minimum Gasteiger partial charge on any atom is -0.507 e. The van der Waals surface area contributed by atoms with E-state index >= 15 is 0 Å². The van der Waals surface area contributed by atoms with Gasteiger partial charge in [0.2, 0.25) is 0 Å². The van der Waals surface area contributed by atoms with Crippen LogP contribution in [0, 0.1) is 0 Å². The van der Waals surface area contributed by atoms with Crippen molar-refractivity contribution in [3.05, 3.63) is 30.2 Å². The molecule has 2 bridgehead atoms. The summed E-state index contributed by atoms with van der Waals surface area (Å²) < 4.78 is 20.5.